The Bertz CT molecular complexity index is 1720. The second-order valence-corrected chi connectivity index (χ2v) is 9.88. The average molecular weight is 532 g/mol. The second-order valence-electron chi connectivity index (χ2n) is 8.51. The molecule has 1 aromatic carbocycles. The molecule has 1 atom stereocenters. The Hall–Kier alpha value is -4.35. The highest BCUT2D eigenvalue weighted by Crippen LogP contribution is 2.35. The number of benzene rings is 1. The number of imidazole rings is 1. The van der Waals surface area contributed by atoms with Gasteiger partial charge in [0.05, 0.1) is 23.6 Å². The van der Waals surface area contributed by atoms with Crippen LogP contribution in [0.25, 0.3) is 34.1 Å². The van der Waals surface area contributed by atoms with Gasteiger partial charge in [-0.15, -0.1) is 16.4 Å². The summed E-state index contributed by atoms with van der Waals surface area (Å²) >= 11 is 7.73. The summed E-state index contributed by atoms with van der Waals surface area (Å²) in [6, 6.07) is 10.7. The summed E-state index contributed by atoms with van der Waals surface area (Å²) in [6.07, 6.45) is 7.35. The normalized spacial score (nSPS) is 14.9. The van der Waals surface area contributed by atoms with Gasteiger partial charge in [0.1, 0.15) is 12.2 Å². The van der Waals surface area contributed by atoms with Crippen LogP contribution in [0, 0.1) is 0 Å². The van der Waals surface area contributed by atoms with Gasteiger partial charge >= 0.3 is 5.97 Å². The number of aromatic nitrogens is 7. The number of aromatic amines is 1. The highest BCUT2D eigenvalue weighted by Gasteiger charge is 2.28. The molecule has 4 aromatic heterocycles. The van der Waals surface area contributed by atoms with Crippen LogP contribution < -0.4 is 5.56 Å². The van der Waals surface area contributed by atoms with Crippen molar-refractivity contribution in [2.75, 3.05) is 0 Å². The number of carboxylic acids is 1. The van der Waals surface area contributed by atoms with Crippen molar-refractivity contribution >= 4 is 35.0 Å². The number of aliphatic carboxylic acids is 1. The van der Waals surface area contributed by atoms with Gasteiger partial charge in [-0.1, -0.05) is 11.6 Å². The minimum atomic E-state index is -0.991. The van der Waals surface area contributed by atoms with Gasteiger partial charge in [0, 0.05) is 44.2 Å². The van der Waals surface area contributed by atoms with Gasteiger partial charge in [-0.25, -0.2) is 9.78 Å². The van der Waals surface area contributed by atoms with Gasteiger partial charge in [-0.2, -0.15) is 4.68 Å². The highest BCUT2D eigenvalue weighted by molar-refractivity contribution is 7.11. The van der Waals surface area contributed by atoms with Gasteiger partial charge in [-0.05, 0) is 65.2 Å². The Balaban J connectivity index is 1.33. The van der Waals surface area contributed by atoms with Gasteiger partial charge in [0.2, 0.25) is 0 Å². The number of nitrogens with one attached hydrogen (secondary N) is 1. The van der Waals surface area contributed by atoms with E-state index < -0.39 is 5.97 Å². The summed E-state index contributed by atoms with van der Waals surface area (Å²) in [7, 11) is 0. The number of halogens is 1. The lowest BCUT2D eigenvalue weighted by molar-refractivity contribution is -0.131. The Morgan fingerprint density at radius 1 is 1.22 bits per heavy atom. The smallest absolute Gasteiger partial charge is 0.328 e. The van der Waals surface area contributed by atoms with Crippen LogP contribution in [0.2, 0.25) is 5.02 Å². The maximum atomic E-state index is 13.4. The molecule has 1 aliphatic heterocycles. The van der Waals surface area contributed by atoms with Crippen LogP contribution in [0.1, 0.15) is 28.9 Å². The third-order valence-electron chi connectivity index (χ3n) is 6.23. The summed E-state index contributed by atoms with van der Waals surface area (Å²) in [5.74, 6) is -0.288. The van der Waals surface area contributed by atoms with Crippen molar-refractivity contribution in [2.45, 2.75) is 18.9 Å². The van der Waals surface area contributed by atoms with E-state index in [0.29, 0.717) is 17.3 Å². The van der Waals surface area contributed by atoms with Crippen LogP contribution in [-0.2, 0) is 11.2 Å². The zero-order valence-electron chi connectivity index (χ0n) is 19.1. The van der Waals surface area contributed by atoms with Crippen molar-refractivity contribution in [3.63, 3.8) is 0 Å². The molecule has 0 fully saturated rings. The summed E-state index contributed by atoms with van der Waals surface area (Å²) < 4.78 is 3.32. The molecule has 0 bridgehead atoms. The summed E-state index contributed by atoms with van der Waals surface area (Å²) in [5, 5.41) is 22.7. The first-order chi connectivity index (χ1) is 18.0. The lowest BCUT2D eigenvalue weighted by Gasteiger charge is -2.15. The minimum Gasteiger partial charge on any atom is -0.478 e. The van der Waals surface area contributed by atoms with Crippen molar-refractivity contribution in [2.24, 2.45) is 0 Å². The van der Waals surface area contributed by atoms with Crippen LogP contribution in [0.4, 0.5) is 0 Å². The maximum absolute atomic E-state index is 13.4. The summed E-state index contributed by atoms with van der Waals surface area (Å²) in [4.78, 5) is 32.9. The van der Waals surface area contributed by atoms with E-state index >= 15 is 0 Å². The van der Waals surface area contributed by atoms with Crippen LogP contribution in [0.3, 0.4) is 0 Å². The number of tetrazole rings is 1. The number of H-pyrrole nitrogens is 1. The lowest BCUT2D eigenvalue weighted by Crippen LogP contribution is -2.23. The van der Waals surface area contributed by atoms with E-state index in [1.54, 1.807) is 35.0 Å². The summed E-state index contributed by atoms with van der Waals surface area (Å²) in [5.41, 5.74) is 4.71. The number of hydrogen-bond donors (Lipinski definition) is 2. The van der Waals surface area contributed by atoms with Crippen molar-refractivity contribution in [1.82, 2.24) is 34.7 Å². The molecular weight excluding hydrogens is 514 g/mol. The number of carbonyl (C=O) groups is 1. The van der Waals surface area contributed by atoms with Crippen LogP contribution in [0.5, 0.6) is 0 Å². The van der Waals surface area contributed by atoms with E-state index in [9.17, 15) is 9.59 Å². The molecule has 12 heteroatoms. The Morgan fingerprint density at radius 2 is 2.11 bits per heavy atom. The van der Waals surface area contributed by atoms with Gasteiger partial charge < -0.3 is 14.7 Å². The number of fused-ring (bicyclic) bond motifs is 1. The first-order valence-electron chi connectivity index (χ1n) is 11.3. The zero-order valence-corrected chi connectivity index (χ0v) is 20.6. The SMILES string of the molecule is O=C(O)C=Cc1cc(-c2cnc([C@@H]3CCc4cc(-c5cc(Cl)ccc5-n5cnnn5)cc(=O)n43)[nH]2)cs1. The number of aryl methyl sites for hydroxylation is 1. The molecular formula is C25H18ClN7O3S. The maximum Gasteiger partial charge on any atom is 0.328 e. The Morgan fingerprint density at radius 3 is 2.92 bits per heavy atom. The molecule has 1 aliphatic rings. The third-order valence-corrected chi connectivity index (χ3v) is 7.36. The minimum absolute atomic E-state index is 0.132. The number of hydrogen-bond acceptors (Lipinski definition) is 7. The van der Waals surface area contributed by atoms with E-state index in [-0.39, 0.29) is 11.6 Å². The highest BCUT2D eigenvalue weighted by atomic mass is 35.5. The van der Waals surface area contributed by atoms with Crippen LogP contribution in [0.15, 0.2) is 65.2 Å². The quantitative estimate of drug-likeness (QED) is 0.313. The van der Waals surface area contributed by atoms with E-state index in [1.165, 1.54) is 22.3 Å². The first kappa shape index (κ1) is 23.1. The molecule has 0 radical (unpaired) electrons. The molecule has 0 amide bonds. The molecule has 0 saturated carbocycles. The van der Waals surface area contributed by atoms with Crippen LogP contribution >= 0.6 is 22.9 Å². The van der Waals surface area contributed by atoms with Crippen molar-refractivity contribution < 1.29 is 9.90 Å². The van der Waals surface area contributed by atoms with E-state index in [1.807, 2.05) is 23.6 Å². The van der Waals surface area contributed by atoms with Gasteiger partial charge in [0.25, 0.3) is 5.56 Å². The second kappa shape index (κ2) is 9.26. The fraction of sp³-hybridized carbons (Fsp3) is 0.120. The number of carboxylic acid groups (broad SMARTS) is 1. The van der Waals surface area contributed by atoms with Crippen LogP contribution in [-0.4, -0.2) is 45.8 Å². The van der Waals surface area contributed by atoms with E-state index in [0.717, 1.165) is 51.1 Å². The molecule has 0 unspecified atom stereocenters. The third kappa shape index (κ3) is 4.39. The van der Waals surface area contributed by atoms with Gasteiger partial charge in [-0.3, -0.25) is 4.79 Å². The predicted molar refractivity (Wildman–Crippen MR) is 139 cm³/mol. The number of rotatable bonds is 6. The molecule has 6 rings (SSSR count). The standard InChI is InChI=1S/C25H18ClN7O3S/c26-16-1-4-21(32-13-28-30-31-32)19(10-16)14-7-17-2-5-22(33(17)23(34)9-14)25-27-11-20(29-25)15-8-18(37-12-15)3-6-24(35)36/h1,3-4,6-13,22H,2,5H2,(H,27,29)(H,35,36)/t22-/m0/s1. The molecule has 184 valence electrons. The number of thiophene rings is 1. The van der Waals surface area contributed by atoms with Crippen molar-refractivity contribution in [3.8, 4) is 28.1 Å². The molecule has 5 heterocycles. The van der Waals surface area contributed by atoms with E-state index in [4.69, 9.17) is 16.7 Å². The van der Waals surface area contributed by atoms with Crippen molar-refractivity contribution in [1.29, 1.82) is 0 Å². The molecule has 0 saturated heterocycles. The number of nitrogens with zero attached hydrogens (tertiary/aromatic N) is 6. The van der Waals surface area contributed by atoms with Crippen molar-refractivity contribution in [3.05, 3.63) is 92.2 Å². The fourth-order valence-electron chi connectivity index (χ4n) is 4.61. The molecule has 0 spiro atoms. The monoisotopic (exact) mass is 531 g/mol. The molecule has 0 aliphatic carbocycles. The molecule has 37 heavy (non-hydrogen) atoms. The van der Waals surface area contributed by atoms with E-state index in [2.05, 4.69) is 25.5 Å². The Kier molecular flexibility index (Phi) is 5.78. The molecule has 2 N–H and O–H groups in total. The lowest BCUT2D eigenvalue weighted by atomic mass is 10.0. The first-order valence-corrected chi connectivity index (χ1v) is 12.6. The topological polar surface area (TPSA) is 132 Å². The zero-order chi connectivity index (χ0) is 25.5. The van der Waals surface area contributed by atoms with Gasteiger partial charge in [0.15, 0.2) is 0 Å². The molecule has 10 nitrogen and oxygen atoms in total. The predicted octanol–water partition coefficient (Wildman–Crippen LogP) is 4.23. The Labute approximate surface area is 218 Å². The average Bonchev–Trinajstić information content (AvgIpc) is 3.68. The fourth-order valence-corrected chi connectivity index (χ4v) is 5.58. The largest absolute Gasteiger partial charge is 0.478 e. The summed E-state index contributed by atoms with van der Waals surface area (Å²) in [6.45, 7) is 0. The molecule has 5 aromatic rings. The number of pyridine rings is 1.